The summed E-state index contributed by atoms with van der Waals surface area (Å²) in [6.07, 6.45) is 2.00. The number of hydrogen-bond acceptors (Lipinski definition) is 2. The summed E-state index contributed by atoms with van der Waals surface area (Å²) in [7, 11) is -1.29. The van der Waals surface area contributed by atoms with E-state index in [1.807, 2.05) is 17.5 Å². The zero-order valence-corrected chi connectivity index (χ0v) is 27.5. The van der Waals surface area contributed by atoms with Gasteiger partial charge in [0.15, 0.2) is 0 Å². The molecule has 3 heteroatoms. The molecule has 8 aromatic rings. The molecule has 0 aliphatic carbocycles. The van der Waals surface area contributed by atoms with E-state index in [9.17, 15) is 0 Å². The fourth-order valence-electron chi connectivity index (χ4n) is 6.29. The molecule has 0 fully saturated rings. The van der Waals surface area contributed by atoms with Gasteiger partial charge in [0.25, 0.3) is 0 Å². The van der Waals surface area contributed by atoms with Crippen LogP contribution < -0.4 is 5.19 Å². The molecule has 2 heterocycles. The average Bonchev–Trinajstić information content (AvgIpc) is 3.47. The van der Waals surface area contributed by atoms with E-state index < -0.39 is 8.07 Å². The van der Waals surface area contributed by atoms with Gasteiger partial charge in [-0.25, -0.2) is 0 Å². The summed E-state index contributed by atoms with van der Waals surface area (Å²) < 4.78 is 2.68. The Hall–Kier alpha value is -4.83. The normalized spacial score (nSPS) is 11.9. The molecule has 216 valence electrons. The smallest absolute Gasteiger partial charge is 0.0775 e. The first kappa shape index (κ1) is 27.7. The van der Waals surface area contributed by atoms with Gasteiger partial charge in [0.1, 0.15) is 0 Å². The highest BCUT2D eigenvalue weighted by molar-refractivity contribution is 7.26. The van der Waals surface area contributed by atoms with Gasteiger partial charge in [0.05, 0.1) is 13.6 Å². The average molecular weight is 612 g/mol. The third kappa shape index (κ3) is 5.18. The lowest BCUT2D eigenvalue weighted by atomic mass is 9.98. The lowest BCUT2D eigenvalue weighted by Crippen LogP contribution is -2.37. The summed E-state index contributed by atoms with van der Waals surface area (Å²) >= 11 is 1.88. The number of fused-ring (bicyclic) bond motifs is 4. The largest absolute Gasteiger partial charge is 0.256 e. The van der Waals surface area contributed by atoms with Crippen LogP contribution >= 0.6 is 11.3 Å². The van der Waals surface area contributed by atoms with Crippen molar-refractivity contribution in [3.05, 3.63) is 146 Å². The number of aromatic nitrogens is 1. The minimum atomic E-state index is -1.29. The fourth-order valence-corrected chi connectivity index (χ4v) is 8.70. The van der Waals surface area contributed by atoms with Gasteiger partial charge in [-0.15, -0.1) is 11.3 Å². The van der Waals surface area contributed by atoms with Crippen molar-refractivity contribution in [3.63, 3.8) is 0 Å². The molecule has 0 spiro atoms. The van der Waals surface area contributed by atoms with Crippen LogP contribution in [0, 0.1) is 0 Å². The molecular weight excluding hydrogens is 579 g/mol. The molecule has 0 aliphatic rings. The Morgan fingerprint density at radius 3 is 1.78 bits per heavy atom. The minimum Gasteiger partial charge on any atom is -0.256 e. The van der Waals surface area contributed by atoms with Crippen molar-refractivity contribution in [1.82, 2.24) is 4.98 Å². The zero-order valence-electron chi connectivity index (χ0n) is 25.7. The summed E-state index contributed by atoms with van der Waals surface area (Å²) in [4.78, 5) is 4.89. The van der Waals surface area contributed by atoms with E-state index in [1.165, 1.54) is 64.3 Å². The Morgan fingerprint density at radius 1 is 0.489 bits per heavy atom. The van der Waals surface area contributed by atoms with Crippen molar-refractivity contribution in [2.45, 2.75) is 19.6 Å². The number of benzene rings is 6. The number of hydrogen-bond donors (Lipinski definition) is 0. The van der Waals surface area contributed by atoms with E-state index in [0.29, 0.717) is 0 Å². The Labute approximate surface area is 269 Å². The molecule has 0 saturated heterocycles. The third-order valence-corrected chi connectivity index (χ3v) is 12.2. The molecule has 0 N–H and O–H groups in total. The maximum atomic E-state index is 4.89. The summed E-state index contributed by atoms with van der Waals surface area (Å²) in [5.74, 6) is 0. The van der Waals surface area contributed by atoms with Crippen molar-refractivity contribution < 1.29 is 0 Å². The van der Waals surface area contributed by atoms with Gasteiger partial charge in [-0.1, -0.05) is 146 Å². The summed E-state index contributed by atoms with van der Waals surface area (Å²) in [5, 5.41) is 5.31. The molecule has 0 aliphatic heterocycles. The van der Waals surface area contributed by atoms with E-state index in [2.05, 4.69) is 159 Å². The third-order valence-electron chi connectivity index (χ3n) is 8.92. The van der Waals surface area contributed by atoms with Gasteiger partial charge in [0.2, 0.25) is 0 Å². The maximum absolute atomic E-state index is 4.89. The summed E-state index contributed by atoms with van der Waals surface area (Å²) in [6.45, 7) is 7.17. The van der Waals surface area contributed by atoms with E-state index in [-0.39, 0.29) is 0 Å². The molecule has 6 aromatic carbocycles. The van der Waals surface area contributed by atoms with Crippen LogP contribution in [0.5, 0.6) is 0 Å². The quantitative estimate of drug-likeness (QED) is 0.176. The van der Waals surface area contributed by atoms with E-state index in [4.69, 9.17) is 4.98 Å². The monoisotopic (exact) mass is 611 g/mol. The number of thiophene rings is 1. The van der Waals surface area contributed by atoms with Crippen molar-refractivity contribution in [2.75, 3.05) is 0 Å². The van der Waals surface area contributed by atoms with Crippen molar-refractivity contribution in [2.24, 2.45) is 0 Å². The minimum absolute atomic E-state index is 1.01. The molecule has 0 bridgehead atoms. The van der Waals surface area contributed by atoms with E-state index in [1.54, 1.807) is 0 Å². The van der Waals surface area contributed by atoms with Crippen LogP contribution in [0.4, 0.5) is 0 Å². The molecule has 1 nitrogen and oxygen atoms in total. The second kappa shape index (κ2) is 11.0. The molecule has 0 amide bonds. The van der Waals surface area contributed by atoms with Crippen molar-refractivity contribution >= 4 is 55.7 Å². The second-order valence-corrected chi connectivity index (χ2v) is 19.0. The Balaban J connectivity index is 1.04. The van der Waals surface area contributed by atoms with E-state index >= 15 is 0 Å². The predicted octanol–water partition coefficient (Wildman–Crippen LogP) is 11.8. The first-order chi connectivity index (χ1) is 21.9. The van der Waals surface area contributed by atoms with Crippen LogP contribution in [0.2, 0.25) is 19.6 Å². The number of nitrogens with zero attached hydrogens (tertiary/aromatic N) is 1. The predicted molar refractivity (Wildman–Crippen MR) is 199 cm³/mol. The Morgan fingerprint density at radius 2 is 1.07 bits per heavy atom. The van der Waals surface area contributed by atoms with E-state index in [0.717, 1.165) is 16.5 Å². The van der Waals surface area contributed by atoms with Crippen LogP contribution in [0.3, 0.4) is 0 Å². The SMILES string of the molecule is C[Si](C)(C)c1ccc(-c2ccc(-c3ccc4cc(-c5ccc(-c6cccc7c6sc6ccccc67)cc5)cnc4c3)cc2)cc1. The van der Waals surface area contributed by atoms with Gasteiger partial charge < -0.3 is 0 Å². The maximum Gasteiger partial charge on any atom is 0.0775 e. The van der Waals surface area contributed by atoms with Crippen LogP contribution in [0.25, 0.3) is 75.6 Å². The lowest BCUT2D eigenvalue weighted by molar-refractivity contribution is 1.41. The highest BCUT2D eigenvalue weighted by Crippen LogP contribution is 2.40. The molecule has 0 saturated carbocycles. The first-order valence-electron chi connectivity index (χ1n) is 15.5. The molecule has 0 radical (unpaired) electrons. The first-order valence-corrected chi connectivity index (χ1v) is 19.8. The highest BCUT2D eigenvalue weighted by atomic mass is 32.1. The summed E-state index contributed by atoms with van der Waals surface area (Å²) in [6, 6.07) is 51.1. The van der Waals surface area contributed by atoms with Gasteiger partial charge in [-0.3, -0.25) is 4.98 Å². The zero-order chi connectivity index (χ0) is 30.5. The van der Waals surface area contributed by atoms with Gasteiger partial charge in [0, 0.05) is 37.3 Å². The number of rotatable bonds is 5. The molecular formula is C42H33NSSi. The standard InChI is InChI=1S/C42H33NSSi/c1-45(2,3)36-23-21-29(22-24-36)28-11-13-30(14-12-28)33-19-20-34-25-35(27-43-40(34)26-33)31-15-17-32(18-16-31)37-8-6-9-39-38-7-4-5-10-41(38)44-42(37)39/h4-27H,1-3H3. The molecule has 0 atom stereocenters. The Kier molecular flexibility index (Phi) is 6.74. The van der Waals surface area contributed by atoms with Crippen molar-refractivity contribution in [1.29, 1.82) is 0 Å². The van der Waals surface area contributed by atoms with Crippen LogP contribution in [-0.2, 0) is 0 Å². The number of pyridine rings is 1. The Bertz CT molecular complexity index is 2320. The highest BCUT2D eigenvalue weighted by Gasteiger charge is 2.16. The van der Waals surface area contributed by atoms with Gasteiger partial charge in [-0.2, -0.15) is 0 Å². The van der Waals surface area contributed by atoms with Gasteiger partial charge in [-0.05, 0) is 57.1 Å². The molecule has 2 aromatic heterocycles. The van der Waals surface area contributed by atoms with Crippen LogP contribution in [0.15, 0.2) is 146 Å². The molecule has 45 heavy (non-hydrogen) atoms. The topological polar surface area (TPSA) is 12.9 Å². The second-order valence-electron chi connectivity index (χ2n) is 12.9. The summed E-state index contributed by atoms with van der Waals surface area (Å²) in [5.41, 5.74) is 10.7. The van der Waals surface area contributed by atoms with Gasteiger partial charge >= 0.3 is 0 Å². The lowest BCUT2D eigenvalue weighted by Gasteiger charge is -2.16. The molecule has 8 rings (SSSR count). The van der Waals surface area contributed by atoms with Crippen molar-refractivity contribution in [3.8, 4) is 44.5 Å². The van der Waals surface area contributed by atoms with Crippen LogP contribution in [0.1, 0.15) is 0 Å². The molecule has 0 unspecified atom stereocenters. The van der Waals surface area contributed by atoms with Crippen LogP contribution in [-0.4, -0.2) is 13.1 Å². The fraction of sp³-hybridized carbons (Fsp3) is 0.0714.